The van der Waals surface area contributed by atoms with Crippen LogP contribution in [0.3, 0.4) is 0 Å². The van der Waals surface area contributed by atoms with Gasteiger partial charge in [0.05, 0.1) is 0 Å². The van der Waals surface area contributed by atoms with Crippen LogP contribution in [0.1, 0.15) is 45.1 Å². The Hall–Kier alpha value is -1.51. The van der Waals surface area contributed by atoms with Gasteiger partial charge in [-0.3, -0.25) is 4.79 Å². The molecule has 3 nitrogen and oxygen atoms in total. The Balaban J connectivity index is 1.83. The lowest BCUT2D eigenvalue weighted by Crippen LogP contribution is -2.32. The number of carbonyl (C=O) groups is 1. The molecule has 0 radical (unpaired) electrons. The van der Waals surface area contributed by atoms with E-state index in [2.05, 4.69) is 18.7 Å². The van der Waals surface area contributed by atoms with Gasteiger partial charge < -0.3 is 10.6 Å². The van der Waals surface area contributed by atoms with Gasteiger partial charge in [-0.25, -0.2) is 0 Å². The third kappa shape index (κ3) is 4.76. The lowest BCUT2D eigenvalue weighted by molar-refractivity contribution is -0.131. The van der Waals surface area contributed by atoms with Crippen LogP contribution < -0.4 is 5.73 Å². The van der Waals surface area contributed by atoms with Crippen molar-refractivity contribution in [3.8, 4) is 0 Å². The molecule has 1 aromatic rings. The Morgan fingerprint density at radius 2 is 2.14 bits per heavy atom. The summed E-state index contributed by atoms with van der Waals surface area (Å²) in [6.45, 7) is 6.45. The highest BCUT2D eigenvalue weighted by Crippen LogP contribution is 2.25. The molecule has 1 unspecified atom stereocenters. The topological polar surface area (TPSA) is 46.3 Å². The molecule has 0 aliphatic carbocycles. The number of hydrogen-bond donors (Lipinski definition) is 1. The summed E-state index contributed by atoms with van der Waals surface area (Å²) in [5.41, 5.74) is 7.70. The second-order valence-electron chi connectivity index (χ2n) is 6.56. The molecule has 2 rings (SSSR count). The second kappa shape index (κ2) is 7.48. The summed E-state index contributed by atoms with van der Waals surface area (Å²) in [5, 5.41) is 0. The molecule has 1 saturated heterocycles. The molecule has 2 N–H and O–H groups in total. The van der Waals surface area contributed by atoms with Gasteiger partial charge in [0.15, 0.2) is 0 Å². The number of carbonyl (C=O) groups excluding carboxylic acids is 1. The molecular weight excluding hydrogens is 260 g/mol. The normalized spacial score (nSPS) is 19.6. The van der Waals surface area contributed by atoms with Gasteiger partial charge in [0.2, 0.25) is 5.91 Å². The van der Waals surface area contributed by atoms with Gasteiger partial charge in [0.1, 0.15) is 0 Å². The number of nitrogens with two attached hydrogens (primary N) is 1. The van der Waals surface area contributed by atoms with Gasteiger partial charge in [-0.15, -0.1) is 0 Å². The highest BCUT2D eigenvalue weighted by Gasteiger charge is 2.22. The summed E-state index contributed by atoms with van der Waals surface area (Å²) in [6, 6.07) is 7.84. The third-order valence-corrected chi connectivity index (χ3v) is 4.65. The SMILES string of the molecule is CC(C)C1CCCN(C(=O)CCc2cccc(N)c2)CC1. The fourth-order valence-corrected chi connectivity index (χ4v) is 3.20. The average molecular weight is 288 g/mol. The molecule has 1 fully saturated rings. The monoisotopic (exact) mass is 288 g/mol. The van der Waals surface area contributed by atoms with E-state index in [-0.39, 0.29) is 0 Å². The van der Waals surface area contributed by atoms with Crippen molar-refractivity contribution in [2.24, 2.45) is 11.8 Å². The van der Waals surface area contributed by atoms with Crippen molar-refractivity contribution < 1.29 is 4.79 Å². The van der Waals surface area contributed by atoms with Gasteiger partial charge in [-0.05, 0) is 55.2 Å². The van der Waals surface area contributed by atoms with E-state index in [1.807, 2.05) is 24.3 Å². The van der Waals surface area contributed by atoms with Crippen molar-refractivity contribution in [2.75, 3.05) is 18.8 Å². The van der Waals surface area contributed by atoms with Crippen molar-refractivity contribution in [3.63, 3.8) is 0 Å². The molecule has 21 heavy (non-hydrogen) atoms. The van der Waals surface area contributed by atoms with E-state index in [0.29, 0.717) is 12.3 Å². The van der Waals surface area contributed by atoms with E-state index in [9.17, 15) is 4.79 Å². The highest BCUT2D eigenvalue weighted by molar-refractivity contribution is 5.76. The predicted molar refractivity (Wildman–Crippen MR) is 87.9 cm³/mol. The summed E-state index contributed by atoms with van der Waals surface area (Å²) < 4.78 is 0. The summed E-state index contributed by atoms with van der Waals surface area (Å²) >= 11 is 0. The zero-order valence-electron chi connectivity index (χ0n) is 13.3. The molecule has 1 aromatic carbocycles. The first-order valence-corrected chi connectivity index (χ1v) is 8.18. The van der Waals surface area contributed by atoms with Crippen molar-refractivity contribution in [1.82, 2.24) is 4.90 Å². The average Bonchev–Trinajstić information content (AvgIpc) is 2.71. The largest absolute Gasteiger partial charge is 0.399 e. The van der Waals surface area contributed by atoms with Crippen LogP contribution in [0.15, 0.2) is 24.3 Å². The van der Waals surface area contributed by atoms with Crippen LogP contribution in [0, 0.1) is 11.8 Å². The molecule has 0 spiro atoms. The van der Waals surface area contributed by atoms with E-state index >= 15 is 0 Å². The maximum atomic E-state index is 12.4. The van der Waals surface area contributed by atoms with Crippen LogP contribution in [-0.4, -0.2) is 23.9 Å². The Morgan fingerprint density at radius 3 is 2.86 bits per heavy atom. The van der Waals surface area contributed by atoms with Gasteiger partial charge in [-0.2, -0.15) is 0 Å². The van der Waals surface area contributed by atoms with Crippen molar-refractivity contribution in [1.29, 1.82) is 0 Å². The molecular formula is C18H28N2O. The van der Waals surface area contributed by atoms with Crippen LogP contribution in [0.4, 0.5) is 5.69 Å². The van der Waals surface area contributed by atoms with Gasteiger partial charge in [-0.1, -0.05) is 26.0 Å². The van der Waals surface area contributed by atoms with Crippen LogP contribution >= 0.6 is 0 Å². The Kier molecular flexibility index (Phi) is 5.66. The lowest BCUT2D eigenvalue weighted by atomic mass is 9.89. The minimum absolute atomic E-state index is 0.293. The molecule has 116 valence electrons. The van der Waals surface area contributed by atoms with Gasteiger partial charge in [0, 0.05) is 25.2 Å². The first kappa shape index (κ1) is 15.9. The Bertz CT molecular complexity index is 470. The van der Waals surface area contributed by atoms with Gasteiger partial charge >= 0.3 is 0 Å². The summed E-state index contributed by atoms with van der Waals surface area (Å²) in [5.74, 6) is 1.80. The zero-order chi connectivity index (χ0) is 15.2. The van der Waals surface area contributed by atoms with Gasteiger partial charge in [0.25, 0.3) is 0 Å². The maximum Gasteiger partial charge on any atom is 0.222 e. The van der Waals surface area contributed by atoms with E-state index in [1.54, 1.807) is 0 Å². The molecule has 1 atom stereocenters. The molecule has 1 heterocycles. The number of likely N-dealkylation sites (tertiary alicyclic amines) is 1. The van der Waals surface area contributed by atoms with Crippen LogP contribution in [-0.2, 0) is 11.2 Å². The first-order valence-electron chi connectivity index (χ1n) is 8.18. The summed E-state index contributed by atoms with van der Waals surface area (Å²) in [4.78, 5) is 14.4. The van der Waals surface area contributed by atoms with E-state index < -0.39 is 0 Å². The number of aryl methyl sites for hydroxylation is 1. The summed E-state index contributed by atoms with van der Waals surface area (Å²) in [7, 11) is 0. The summed E-state index contributed by atoms with van der Waals surface area (Å²) in [6.07, 6.45) is 4.94. The number of hydrogen-bond acceptors (Lipinski definition) is 2. The number of nitrogen functional groups attached to an aromatic ring is 1. The molecule has 0 bridgehead atoms. The fraction of sp³-hybridized carbons (Fsp3) is 0.611. The number of anilines is 1. The molecule has 0 saturated carbocycles. The minimum Gasteiger partial charge on any atom is -0.399 e. The van der Waals surface area contributed by atoms with E-state index in [0.717, 1.165) is 55.4 Å². The highest BCUT2D eigenvalue weighted by atomic mass is 16.2. The first-order chi connectivity index (χ1) is 10.1. The lowest BCUT2D eigenvalue weighted by Gasteiger charge is -2.21. The molecule has 0 aromatic heterocycles. The fourth-order valence-electron chi connectivity index (χ4n) is 3.20. The van der Waals surface area contributed by atoms with Crippen molar-refractivity contribution >= 4 is 11.6 Å². The van der Waals surface area contributed by atoms with E-state index in [4.69, 9.17) is 5.73 Å². The number of amides is 1. The number of nitrogens with zero attached hydrogens (tertiary/aromatic N) is 1. The number of benzene rings is 1. The zero-order valence-corrected chi connectivity index (χ0v) is 13.3. The quantitative estimate of drug-likeness (QED) is 0.862. The van der Waals surface area contributed by atoms with Crippen molar-refractivity contribution in [3.05, 3.63) is 29.8 Å². The third-order valence-electron chi connectivity index (χ3n) is 4.65. The molecule has 1 aliphatic heterocycles. The van der Waals surface area contributed by atoms with E-state index in [1.165, 1.54) is 6.42 Å². The predicted octanol–water partition coefficient (Wildman–Crippen LogP) is 3.49. The number of rotatable bonds is 4. The minimum atomic E-state index is 0.293. The standard InChI is InChI=1S/C18H28N2O/c1-14(2)16-6-4-11-20(12-10-16)18(21)9-8-15-5-3-7-17(19)13-15/h3,5,7,13-14,16H,4,6,8-12,19H2,1-2H3. The maximum absolute atomic E-state index is 12.4. The molecule has 1 aliphatic rings. The van der Waals surface area contributed by atoms with Crippen LogP contribution in [0.2, 0.25) is 0 Å². The van der Waals surface area contributed by atoms with Crippen molar-refractivity contribution in [2.45, 2.75) is 46.0 Å². The molecule has 1 amide bonds. The second-order valence-corrected chi connectivity index (χ2v) is 6.56. The van der Waals surface area contributed by atoms with Crippen LogP contribution in [0.5, 0.6) is 0 Å². The Morgan fingerprint density at radius 1 is 1.33 bits per heavy atom. The van der Waals surface area contributed by atoms with Crippen LogP contribution in [0.25, 0.3) is 0 Å². The smallest absolute Gasteiger partial charge is 0.222 e. The molecule has 3 heteroatoms. The Labute approximate surface area is 128 Å².